The van der Waals surface area contributed by atoms with Crippen LogP contribution >= 0.6 is 8.60 Å². The first-order valence-electron chi connectivity index (χ1n) is 3.91. The van der Waals surface area contributed by atoms with Crippen molar-refractivity contribution in [3.8, 4) is 6.07 Å². The van der Waals surface area contributed by atoms with Gasteiger partial charge in [0.1, 0.15) is 0 Å². The lowest BCUT2D eigenvalue weighted by Gasteiger charge is -2.13. The molecule has 0 spiro atoms. The van der Waals surface area contributed by atoms with Crippen molar-refractivity contribution in [2.75, 3.05) is 19.8 Å². The molecule has 0 aromatic carbocycles. The third kappa shape index (κ3) is 6.51. The Balaban J connectivity index is 3.42. The summed E-state index contributed by atoms with van der Waals surface area (Å²) in [5, 5.41) is 8.23. The summed E-state index contributed by atoms with van der Waals surface area (Å²) < 4.78 is 15.4. The Bertz CT molecular complexity index is 131. The molecule has 5 heteroatoms. The van der Waals surface area contributed by atoms with Gasteiger partial charge in [0.15, 0.2) is 0 Å². The molecule has 0 aliphatic carbocycles. The van der Waals surface area contributed by atoms with Crippen LogP contribution in [0.3, 0.4) is 0 Å². The van der Waals surface area contributed by atoms with Crippen molar-refractivity contribution in [1.29, 1.82) is 5.26 Å². The molecule has 0 fully saturated rings. The molecule has 0 aromatic rings. The number of rotatable bonds is 7. The van der Waals surface area contributed by atoms with E-state index in [0.717, 1.165) is 0 Å². The van der Waals surface area contributed by atoms with E-state index in [4.69, 9.17) is 18.8 Å². The van der Waals surface area contributed by atoms with Gasteiger partial charge in [-0.3, -0.25) is 0 Å². The van der Waals surface area contributed by atoms with Crippen molar-refractivity contribution in [3.63, 3.8) is 0 Å². The highest BCUT2D eigenvalue weighted by Crippen LogP contribution is 2.39. The van der Waals surface area contributed by atoms with E-state index in [0.29, 0.717) is 26.2 Å². The summed E-state index contributed by atoms with van der Waals surface area (Å²) >= 11 is 0. The number of hydrogen-bond donors (Lipinski definition) is 0. The van der Waals surface area contributed by atoms with E-state index < -0.39 is 8.60 Å². The van der Waals surface area contributed by atoms with Crippen molar-refractivity contribution < 1.29 is 13.6 Å². The fourth-order valence-corrected chi connectivity index (χ4v) is 1.37. The Morgan fingerprint density at radius 2 is 1.75 bits per heavy atom. The lowest BCUT2D eigenvalue weighted by molar-refractivity contribution is 0.173. The van der Waals surface area contributed by atoms with E-state index in [1.165, 1.54) is 0 Å². The molecule has 4 nitrogen and oxygen atoms in total. The zero-order valence-corrected chi connectivity index (χ0v) is 8.34. The summed E-state index contributed by atoms with van der Waals surface area (Å²) in [7, 11) is -1.22. The van der Waals surface area contributed by atoms with Gasteiger partial charge in [-0.1, -0.05) is 0 Å². The van der Waals surface area contributed by atoms with Crippen molar-refractivity contribution in [1.82, 2.24) is 0 Å². The fourth-order valence-electron chi connectivity index (χ4n) is 0.488. The van der Waals surface area contributed by atoms with Gasteiger partial charge in [-0.2, -0.15) is 5.26 Å². The highest BCUT2D eigenvalue weighted by atomic mass is 31.2. The molecule has 0 heterocycles. The van der Waals surface area contributed by atoms with Gasteiger partial charge in [-0.15, -0.1) is 0 Å². The van der Waals surface area contributed by atoms with Gasteiger partial charge in [-0.25, -0.2) is 0 Å². The van der Waals surface area contributed by atoms with Gasteiger partial charge in [0.25, 0.3) is 0 Å². The van der Waals surface area contributed by atoms with Gasteiger partial charge >= 0.3 is 8.60 Å². The van der Waals surface area contributed by atoms with Crippen LogP contribution in [0.15, 0.2) is 0 Å². The van der Waals surface area contributed by atoms with Crippen molar-refractivity contribution in [2.45, 2.75) is 20.3 Å². The molecule has 12 heavy (non-hydrogen) atoms. The second-order valence-corrected chi connectivity index (χ2v) is 3.02. The summed E-state index contributed by atoms with van der Waals surface area (Å²) in [6.07, 6.45) is 0.374. The Labute approximate surface area is 74.4 Å². The number of nitriles is 1. The van der Waals surface area contributed by atoms with Crippen LogP contribution in [-0.2, 0) is 13.6 Å². The van der Waals surface area contributed by atoms with E-state index in [9.17, 15) is 0 Å². The molecular formula is C7H14NO3P. The third-order valence-corrected chi connectivity index (χ3v) is 2.21. The number of nitrogens with zero attached hydrogens (tertiary/aromatic N) is 1. The van der Waals surface area contributed by atoms with Crippen molar-refractivity contribution in [2.24, 2.45) is 0 Å². The standard InChI is InChI=1S/C7H14NO3P/c1-3-9-12(10-4-2)11-7-5-6-8/h3-5,7H2,1-2H3. The van der Waals surface area contributed by atoms with Crippen molar-refractivity contribution >= 4 is 8.60 Å². The predicted molar refractivity (Wildman–Crippen MR) is 46.4 cm³/mol. The number of hydrogen-bond acceptors (Lipinski definition) is 4. The topological polar surface area (TPSA) is 51.5 Å². The second kappa shape index (κ2) is 8.89. The average Bonchev–Trinajstić information content (AvgIpc) is 2.06. The van der Waals surface area contributed by atoms with E-state index in [-0.39, 0.29) is 0 Å². The summed E-state index contributed by atoms with van der Waals surface area (Å²) in [4.78, 5) is 0. The van der Waals surface area contributed by atoms with Gasteiger partial charge in [0.05, 0.1) is 32.3 Å². The molecule has 0 unspecified atom stereocenters. The smallest absolute Gasteiger partial charge is 0.313 e. The molecule has 0 radical (unpaired) electrons. The van der Waals surface area contributed by atoms with E-state index >= 15 is 0 Å². The zero-order chi connectivity index (χ0) is 9.23. The second-order valence-electron chi connectivity index (χ2n) is 1.80. The largest absolute Gasteiger partial charge is 0.332 e. The summed E-state index contributed by atoms with van der Waals surface area (Å²) in [5.41, 5.74) is 0. The molecule has 0 rings (SSSR count). The average molecular weight is 191 g/mol. The van der Waals surface area contributed by atoms with Gasteiger partial charge in [-0.05, 0) is 13.8 Å². The van der Waals surface area contributed by atoms with Crippen LogP contribution in [0.5, 0.6) is 0 Å². The molecule has 0 saturated carbocycles. The SMILES string of the molecule is CCOP(OCC)OCCC#N. The molecule has 70 valence electrons. The Morgan fingerprint density at radius 1 is 1.17 bits per heavy atom. The van der Waals surface area contributed by atoms with Crippen molar-refractivity contribution in [3.05, 3.63) is 0 Å². The van der Waals surface area contributed by atoms with Crippen LogP contribution in [0.2, 0.25) is 0 Å². The maximum Gasteiger partial charge on any atom is 0.332 e. The van der Waals surface area contributed by atoms with E-state index in [2.05, 4.69) is 0 Å². The van der Waals surface area contributed by atoms with E-state index in [1.807, 2.05) is 19.9 Å². The molecular weight excluding hydrogens is 177 g/mol. The van der Waals surface area contributed by atoms with Crippen LogP contribution in [0.25, 0.3) is 0 Å². The van der Waals surface area contributed by atoms with Gasteiger partial charge in [0.2, 0.25) is 0 Å². The molecule has 0 atom stereocenters. The maximum atomic E-state index is 8.23. The lowest BCUT2D eigenvalue weighted by atomic mass is 10.5. The van der Waals surface area contributed by atoms with Crippen LogP contribution in [0.4, 0.5) is 0 Å². The summed E-state index contributed by atoms with van der Waals surface area (Å²) in [6, 6.07) is 1.98. The van der Waals surface area contributed by atoms with Gasteiger partial charge < -0.3 is 13.6 Å². The van der Waals surface area contributed by atoms with Crippen LogP contribution in [-0.4, -0.2) is 19.8 Å². The predicted octanol–water partition coefficient (Wildman–Crippen LogP) is 2.22. The molecule has 0 bridgehead atoms. The molecule has 0 aromatic heterocycles. The molecule has 0 N–H and O–H groups in total. The fraction of sp³-hybridized carbons (Fsp3) is 0.857. The minimum Gasteiger partial charge on any atom is -0.313 e. The minimum atomic E-state index is -1.22. The highest BCUT2D eigenvalue weighted by Gasteiger charge is 2.09. The zero-order valence-electron chi connectivity index (χ0n) is 7.45. The first-order chi connectivity index (χ1) is 5.85. The summed E-state index contributed by atoms with van der Waals surface area (Å²) in [6.45, 7) is 5.27. The Kier molecular flexibility index (Phi) is 8.74. The lowest BCUT2D eigenvalue weighted by Crippen LogP contribution is -1.96. The van der Waals surface area contributed by atoms with Crippen LogP contribution in [0, 0.1) is 11.3 Å². The van der Waals surface area contributed by atoms with Crippen LogP contribution in [0.1, 0.15) is 20.3 Å². The quantitative estimate of drug-likeness (QED) is 0.457. The summed E-state index contributed by atoms with van der Waals surface area (Å²) in [5.74, 6) is 0. The highest BCUT2D eigenvalue weighted by molar-refractivity contribution is 7.41. The monoisotopic (exact) mass is 191 g/mol. The maximum absolute atomic E-state index is 8.23. The molecule has 0 aliphatic heterocycles. The van der Waals surface area contributed by atoms with E-state index in [1.54, 1.807) is 0 Å². The molecule has 0 saturated heterocycles. The first kappa shape index (κ1) is 11.8. The van der Waals surface area contributed by atoms with Gasteiger partial charge in [0, 0.05) is 0 Å². The molecule has 0 aliphatic rings. The molecule has 0 amide bonds. The Hall–Kier alpha value is -0.200. The van der Waals surface area contributed by atoms with Crippen LogP contribution < -0.4 is 0 Å². The Morgan fingerprint density at radius 3 is 2.17 bits per heavy atom. The normalized spacial score (nSPS) is 10.2. The third-order valence-electron chi connectivity index (χ3n) is 0.880. The minimum absolute atomic E-state index is 0.374. The first-order valence-corrected chi connectivity index (χ1v) is 5.00.